The van der Waals surface area contributed by atoms with Crippen molar-refractivity contribution < 1.29 is 18.0 Å². The molecule has 0 aliphatic carbocycles. The molecule has 2 nitrogen and oxygen atoms in total. The largest absolute Gasteiger partial charge is 0.416 e. The lowest BCUT2D eigenvalue weighted by Gasteiger charge is -2.38. The van der Waals surface area contributed by atoms with Crippen LogP contribution in [0.2, 0.25) is 0 Å². The van der Waals surface area contributed by atoms with E-state index in [9.17, 15) is 18.0 Å². The maximum Gasteiger partial charge on any atom is 0.416 e. The molecule has 2 rings (SSSR count). The summed E-state index contributed by atoms with van der Waals surface area (Å²) in [5.41, 5.74) is 0.233. The van der Waals surface area contributed by atoms with Crippen LogP contribution < -0.4 is 0 Å². The molecule has 0 spiro atoms. The van der Waals surface area contributed by atoms with Crippen LogP contribution in [0.15, 0.2) is 36.9 Å². The Labute approximate surface area is 109 Å². The summed E-state index contributed by atoms with van der Waals surface area (Å²) in [4.78, 5) is 12.9. The van der Waals surface area contributed by atoms with Crippen LogP contribution in [0.3, 0.4) is 0 Å². The summed E-state index contributed by atoms with van der Waals surface area (Å²) in [6.07, 6.45) is -2.32. The molecule has 1 fully saturated rings. The molecule has 1 aliphatic heterocycles. The van der Waals surface area contributed by atoms with Gasteiger partial charge < -0.3 is 4.90 Å². The molecule has 1 aromatic rings. The van der Waals surface area contributed by atoms with E-state index in [0.29, 0.717) is 25.4 Å². The highest BCUT2D eigenvalue weighted by Gasteiger charge is 2.31. The summed E-state index contributed by atoms with van der Waals surface area (Å²) in [5, 5.41) is 0. The molecule has 19 heavy (non-hydrogen) atoms. The molecule has 1 saturated heterocycles. The normalized spacial score (nSPS) is 16.1. The number of alkyl halides is 3. The van der Waals surface area contributed by atoms with E-state index in [0.717, 1.165) is 17.7 Å². The average Bonchev–Trinajstić information content (AvgIpc) is 2.32. The van der Waals surface area contributed by atoms with E-state index < -0.39 is 11.7 Å². The van der Waals surface area contributed by atoms with E-state index >= 15 is 0 Å². The fourth-order valence-electron chi connectivity index (χ4n) is 2.17. The molecule has 0 unspecified atom stereocenters. The highest BCUT2D eigenvalue weighted by molar-refractivity contribution is 5.87. The molecule has 0 N–H and O–H groups in total. The lowest BCUT2D eigenvalue weighted by Crippen LogP contribution is -2.50. The maximum atomic E-state index is 12.4. The molecule has 1 aromatic carbocycles. The monoisotopic (exact) mass is 269 g/mol. The first-order valence-electron chi connectivity index (χ1n) is 5.97. The van der Waals surface area contributed by atoms with Crippen molar-refractivity contribution in [1.29, 1.82) is 0 Å². The van der Waals surface area contributed by atoms with Crippen LogP contribution in [-0.2, 0) is 17.4 Å². The third-order valence-corrected chi connectivity index (χ3v) is 3.25. The van der Waals surface area contributed by atoms with Gasteiger partial charge in [-0.1, -0.05) is 18.7 Å². The van der Waals surface area contributed by atoms with Gasteiger partial charge in [0.25, 0.3) is 0 Å². The van der Waals surface area contributed by atoms with Gasteiger partial charge in [-0.3, -0.25) is 4.79 Å². The Kier molecular flexibility index (Phi) is 3.64. The van der Waals surface area contributed by atoms with Crippen LogP contribution in [0.4, 0.5) is 13.2 Å². The Hall–Kier alpha value is -1.78. The number of hydrogen-bond acceptors (Lipinski definition) is 1. The number of benzene rings is 1. The Morgan fingerprint density at radius 3 is 2.37 bits per heavy atom. The maximum absolute atomic E-state index is 12.4. The topological polar surface area (TPSA) is 20.3 Å². The fourth-order valence-corrected chi connectivity index (χ4v) is 2.17. The molecular formula is C14H14F3NO. The van der Waals surface area contributed by atoms with E-state index in [4.69, 9.17) is 0 Å². The van der Waals surface area contributed by atoms with Crippen LogP contribution in [-0.4, -0.2) is 23.9 Å². The number of rotatable bonds is 3. The van der Waals surface area contributed by atoms with Crippen molar-refractivity contribution in [3.05, 3.63) is 48.0 Å². The smallest absolute Gasteiger partial charge is 0.338 e. The number of carbonyl (C=O) groups excluding carboxylic acids is 1. The highest BCUT2D eigenvalue weighted by Crippen LogP contribution is 2.29. The standard InChI is InChI=1S/C14H14F3NO/c1-2-13(19)18-8-11(9-18)7-10-3-5-12(6-4-10)14(15,16)17/h2-6,11H,1,7-9H2. The van der Waals surface area contributed by atoms with Gasteiger partial charge in [-0.2, -0.15) is 13.2 Å². The summed E-state index contributed by atoms with van der Waals surface area (Å²) in [7, 11) is 0. The fraction of sp³-hybridized carbons (Fsp3) is 0.357. The van der Waals surface area contributed by atoms with Gasteiger partial charge in [-0.25, -0.2) is 0 Å². The zero-order valence-electron chi connectivity index (χ0n) is 10.3. The van der Waals surface area contributed by atoms with E-state index in [-0.39, 0.29) is 5.91 Å². The molecule has 1 aliphatic rings. The summed E-state index contributed by atoms with van der Waals surface area (Å²) < 4.78 is 37.2. The molecule has 102 valence electrons. The average molecular weight is 269 g/mol. The van der Waals surface area contributed by atoms with Crippen LogP contribution in [0.5, 0.6) is 0 Å². The van der Waals surface area contributed by atoms with Gasteiger partial charge in [0.05, 0.1) is 5.56 Å². The van der Waals surface area contributed by atoms with Gasteiger partial charge >= 0.3 is 6.18 Å². The van der Waals surface area contributed by atoms with E-state index in [1.54, 1.807) is 4.90 Å². The van der Waals surface area contributed by atoms with Crippen LogP contribution >= 0.6 is 0 Å². The molecule has 1 amide bonds. The molecular weight excluding hydrogens is 255 g/mol. The minimum Gasteiger partial charge on any atom is -0.338 e. The Balaban J connectivity index is 1.88. The van der Waals surface area contributed by atoms with Crippen LogP contribution in [0, 0.1) is 5.92 Å². The molecule has 0 atom stereocenters. The number of amides is 1. The van der Waals surface area contributed by atoms with Gasteiger partial charge in [0.2, 0.25) is 5.91 Å². The van der Waals surface area contributed by atoms with Crippen molar-refractivity contribution in [3.8, 4) is 0 Å². The van der Waals surface area contributed by atoms with Gasteiger partial charge in [-0.15, -0.1) is 0 Å². The Bertz CT molecular complexity index is 472. The number of hydrogen-bond donors (Lipinski definition) is 0. The van der Waals surface area contributed by atoms with Crippen LogP contribution in [0.1, 0.15) is 11.1 Å². The second kappa shape index (κ2) is 5.07. The third kappa shape index (κ3) is 3.16. The summed E-state index contributed by atoms with van der Waals surface area (Å²) >= 11 is 0. The van der Waals surface area contributed by atoms with Crippen molar-refractivity contribution >= 4 is 5.91 Å². The van der Waals surface area contributed by atoms with Gasteiger partial charge in [0, 0.05) is 13.1 Å². The van der Waals surface area contributed by atoms with Crippen molar-refractivity contribution in [2.45, 2.75) is 12.6 Å². The van der Waals surface area contributed by atoms with Gasteiger partial charge in [0.15, 0.2) is 0 Å². The minimum atomic E-state index is -4.29. The SMILES string of the molecule is C=CC(=O)N1CC(Cc2ccc(C(F)(F)F)cc2)C1. The number of halogens is 3. The zero-order valence-corrected chi connectivity index (χ0v) is 10.3. The lowest BCUT2D eigenvalue weighted by molar-refractivity contribution is -0.137. The first-order valence-corrected chi connectivity index (χ1v) is 5.97. The second-order valence-corrected chi connectivity index (χ2v) is 4.71. The predicted octanol–water partition coefficient (Wildman–Crippen LogP) is 2.89. The highest BCUT2D eigenvalue weighted by atomic mass is 19.4. The minimum absolute atomic E-state index is 0.0938. The number of nitrogens with zero attached hydrogens (tertiary/aromatic N) is 1. The van der Waals surface area contributed by atoms with E-state index in [2.05, 4.69) is 6.58 Å². The number of carbonyl (C=O) groups is 1. The Morgan fingerprint density at radius 1 is 1.32 bits per heavy atom. The quantitative estimate of drug-likeness (QED) is 0.773. The van der Waals surface area contributed by atoms with Crippen molar-refractivity contribution in [2.24, 2.45) is 5.92 Å². The van der Waals surface area contributed by atoms with Gasteiger partial charge in [0.1, 0.15) is 0 Å². The molecule has 5 heteroatoms. The predicted molar refractivity (Wildman–Crippen MR) is 65.4 cm³/mol. The second-order valence-electron chi connectivity index (χ2n) is 4.71. The Morgan fingerprint density at radius 2 is 1.89 bits per heavy atom. The summed E-state index contributed by atoms with van der Waals surface area (Å²) in [5.74, 6) is 0.226. The molecule has 0 saturated carbocycles. The van der Waals surface area contributed by atoms with Crippen LogP contribution in [0.25, 0.3) is 0 Å². The van der Waals surface area contributed by atoms with E-state index in [1.165, 1.54) is 18.2 Å². The van der Waals surface area contributed by atoms with Crippen molar-refractivity contribution in [1.82, 2.24) is 4.90 Å². The molecule has 0 bridgehead atoms. The summed E-state index contributed by atoms with van der Waals surface area (Å²) in [6.45, 7) is 4.70. The lowest BCUT2D eigenvalue weighted by atomic mass is 9.91. The first-order chi connectivity index (χ1) is 8.90. The van der Waals surface area contributed by atoms with Crippen molar-refractivity contribution in [2.75, 3.05) is 13.1 Å². The third-order valence-electron chi connectivity index (χ3n) is 3.25. The van der Waals surface area contributed by atoms with Gasteiger partial charge in [-0.05, 0) is 36.1 Å². The van der Waals surface area contributed by atoms with E-state index in [1.807, 2.05) is 0 Å². The first kappa shape index (κ1) is 13.6. The molecule has 0 aromatic heterocycles. The molecule has 0 radical (unpaired) electrons. The van der Waals surface area contributed by atoms with Crippen molar-refractivity contribution in [3.63, 3.8) is 0 Å². The zero-order chi connectivity index (χ0) is 14.0. The molecule has 1 heterocycles. The summed E-state index contributed by atoms with van der Waals surface area (Å²) in [6, 6.07) is 5.20. The number of likely N-dealkylation sites (tertiary alicyclic amines) is 1.